The molecule has 0 saturated heterocycles. The van der Waals surface area contributed by atoms with Crippen molar-refractivity contribution in [3.8, 4) is 11.3 Å². The maximum absolute atomic E-state index is 12.1. The summed E-state index contributed by atoms with van der Waals surface area (Å²) in [6, 6.07) is 19.8. The van der Waals surface area contributed by atoms with Crippen molar-refractivity contribution in [1.29, 1.82) is 0 Å². The van der Waals surface area contributed by atoms with Gasteiger partial charge in [-0.25, -0.2) is 4.79 Å². The van der Waals surface area contributed by atoms with Crippen LogP contribution < -0.4 is 10.6 Å². The average molecular weight is 357 g/mol. The fourth-order valence-corrected chi connectivity index (χ4v) is 2.98. The molecule has 4 aromatic rings. The quantitative estimate of drug-likeness (QED) is 0.553. The normalized spacial score (nSPS) is 10.7. The average Bonchev–Trinajstić information content (AvgIpc) is 3.26. The molecule has 5 heteroatoms. The molecule has 0 unspecified atom stereocenters. The summed E-state index contributed by atoms with van der Waals surface area (Å²) in [5.41, 5.74) is 3.80. The molecule has 2 aromatic heterocycles. The van der Waals surface area contributed by atoms with Crippen molar-refractivity contribution < 1.29 is 9.21 Å². The lowest BCUT2D eigenvalue weighted by Crippen LogP contribution is -2.34. The number of fused-ring (bicyclic) bond motifs is 1. The molecule has 2 aromatic carbocycles. The van der Waals surface area contributed by atoms with Crippen molar-refractivity contribution in [1.82, 2.24) is 15.6 Å². The van der Waals surface area contributed by atoms with Gasteiger partial charge in [-0.3, -0.25) is 4.98 Å². The summed E-state index contributed by atoms with van der Waals surface area (Å²) in [5.74, 6) is 0. The number of urea groups is 1. The van der Waals surface area contributed by atoms with E-state index in [1.165, 1.54) is 5.39 Å². The van der Waals surface area contributed by atoms with Gasteiger partial charge in [-0.1, -0.05) is 48.5 Å². The number of carbonyl (C=O) groups excluding carboxylic acids is 1. The van der Waals surface area contributed by atoms with Crippen molar-refractivity contribution in [2.75, 3.05) is 0 Å². The van der Waals surface area contributed by atoms with Crippen molar-refractivity contribution in [2.45, 2.75) is 13.1 Å². The SMILES string of the molecule is O=C(NCc1ccc(-c2ccoc2)nc1)NCc1cccc2ccccc12. The van der Waals surface area contributed by atoms with Gasteiger partial charge < -0.3 is 15.1 Å². The lowest BCUT2D eigenvalue weighted by atomic mass is 10.0. The van der Waals surface area contributed by atoms with Crippen LogP contribution in [0.15, 0.2) is 83.8 Å². The number of nitrogens with one attached hydrogen (secondary N) is 2. The monoisotopic (exact) mass is 357 g/mol. The molecule has 0 atom stereocenters. The van der Waals surface area contributed by atoms with Gasteiger partial charge in [-0.2, -0.15) is 0 Å². The molecule has 0 radical (unpaired) electrons. The number of hydrogen-bond acceptors (Lipinski definition) is 3. The third-order valence-electron chi connectivity index (χ3n) is 4.41. The van der Waals surface area contributed by atoms with Crippen molar-refractivity contribution in [3.05, 3.63) is 90.5 Å². The Bertz CT molecular complexity index is 1040. The number of pyridine rings is 1. The molecule has 0 aliphatic carbocycles. The van der Waals surface area contributed by atoms with Crippen LogP contribution in [0, 0.1) is 0 Å². The largest absolute Gasteiger partial charge is 0.472 e. The fraction of sp³-hybridized carbons (Fsp3) is 0.0909. The molecule has 5 nitrogen and oxygen atoms in total. The number of hydrogen-bond donors (Lipinski definition) is 2. The summed E-state index contributed by atoms with van der Waals surface area (Å²) in [6.45, 7) is 0.894. The summed E-state index contributed by atoms with van der Waals surface area (Å²) in [6.07, 6.45) is 5.03. The standard InChI is InChI=1S/C22H19N3O2/c26-22(25-14-18-6-3-5-17-4-1-2-7-20(17)18)24-13-16-8-9-21(23-12-16)19-10-11-27-15-19/h1-12,15H,13-14H2,(H2,24,25,26). The number of nitrogens with zero attached hydrogens (tertiary/aromatic N) is 1. The second kappa shape index (κ2) is 7.74. The molecular formula is C22H19N3O2. The van der Waals surface area contributed by atoms with Gasteiger partial charge in [0.1, 0.15) is 0 Å². The van der Waals surface area contributed by atoms with E-state index in [1.54, 1.807) is 18.7 Å². The van der Waals surface area contributed by atoms with Crippen LogP contribution in [0.5, 0.6) is 0 Å². The minimum Gasteiger partial charge on any atom is -0.472 e. The first kappa shape index (κ1) is 16.8. The predicted molar refractivity (Wildman–Crippen MR) is 105 cm³/mol. The summed E-state index contributed by atoms with van der Waals surface area (Å²) in [4.78, 5) is 16.5. The molecule has 0 aliphatic heterocycles. The zero-order valence-corrected chi connectivity index (χ0v) is 14.7. The van der Waals surface area contributed by atoms with E-state index in [0.29, 0.717) is 13.1 Å². The molecule has 134 valence electrons. The van der Waals surface area contributed by atoms with Gasteiger partial charge in [-0.15, -0.1) is 0 Å². The molecule has 2 heterocycles. The van der Waals surface area contributed by atoms with Crippen LogP contribution in [0.2, 0.25) is 0 Å². The van der Waals surface area contributed by atoms with Crippen LogP contribution in [0.1, 0.15) is 11.1 Å². The second-order valence-electron chi connectivity index (χ2n) is 6.24. The molecule has 0 spiro atoms. The smallest absolute Gasteiger partial charge is 0.315 e. The first-order chi connectivity index (χ1) is 13.3. The number of furan rings is 1. The van der Waals surface area contributed by atoms with Crippen LogP contribution >= 0.6 is 0 Å². The maximum Gasteiger partial charge on any atom is 0.315 e. The number of aromatic nitrogens is 1. The number of carbonyl (C=O) groups is 1. The van der Waals surface area contributed by atoms with Gasteiger partial charge in [0.05, 0.1) is 18.2 Å². The van der Waals surface area contributed by atoms with E-state index in [2.05, 4.69) is 33.8 Å². The Kier molecular flexibility index (Phi) is 4.83. The maximum atomic E-state index is 12.1. The zero-order valence-electron chi connectivity index (χ0n) is 14.7. The van der Waals surface area contributed by atoms with Crippen molar-refractivity contribution in [2.24, 2.45) is 0 Å². The molecule has 0 aliphatic rings. The molecular weight excluding hydrogens is 338 g/mol. The van der Waals surface area contributed by atoms with Gasteiger partial charge in [0.25, 0.3) is 0 Å². The Morgan fingerprint density at radius 1 is 0.926 bits per heavy atom. The summed E-state index contributed by atoms with van der Waals surface area (Å²) in [7, 11) is 0. The minimum absolute atomic E-state index is 0.207. The highest BCUT2D eigenvalue weighted by Gasteiger charge is 2.05. The van der Waals surface area contributed by atoms with Crippen LogP contribution in [-0.4, -0.2) is 11.0 Å². The third-order valence-corrected chi connectivity index (χ3v) is 4.41. The van der Waals surface area contributed by atoms with E-state index in [1.807, 2.05) is 42.5 Å². The van der Waals surface area contributed by atoms with Crippen molar-refractivity contribution >= 4 is 16.8 Å². The Hall–Kier alpha value is -3.60. The van der Waals surface area contributed by atoms with Gasteiger partial charge >= 0.3 is 6.03 Å². The minimum atomic E-state index is -0.207. The lowest BCUT2D eigenvalue weighted by Gasteiger charge is -2.10. The van der Waals surface area contributed by atoms with E-state index >= 15 is 0 Å². The Morgan fingerprint density at radius 2 is 1.78 bits per heavy atom. The molecule has 2 N–H and O–H groups in total. The van der Waals surface area contributed by atoms with Crippen LogP contribution in [0.4, 0.5) is 4.79 Å². The molecule has 27 heavy (non-hydrogen) atoms. The van der Waals surface area contributed by atoms with Gasteiger partial charge in [0, 0.05) is 24.8 Å². The predicted octanol–water partition coefficient (Wildman–Crippen LogP) is 4.49. The van der Waals surface area contributed by atoms with E-state index in [0.717, 1.165) is 27.8 Å². The van der Waals surface area contributed by atoms with E-state index in [-0.39, 0.29) is 6.03 Å². The summed E-state index contributed by atoms with van der Waals surface area (Å²) < 4.78 is 5.06. The molecule has 2 amide bonds. The Balaban J connectivity index is 1.32. The summed E-state index contributed by atoms with van der Waals surface area (Å²) >= 11 is 0. The van der Waals surface area contributed by atoms with Crippen LogP contribution in [0.25, 0.3) is 22.0 Å². The van der Waals surface area contributed by atoms with E-state index in [4.69, 9.17) is 4.42 Å². The topological polar surface area (TPSA) is 67.2 Å². The Labute approximate surface area is 157 Å². The molecule has 4 rings (SSSR count). The van der Waals surface area contributed by atoms with Gasteiger partial charge in [0.15, 0.2) is 0 Å². The highest BCUT2D eigenvalue weighted by molar-refractivity contribution is 5.86. The van der Waals surface area contributed by atoms with Crippen LogP contribution in [-0.2, 0) is 13.1 Å². The number of rotatable bonds is 5. The first-order valence-electron chi connectivity index (χ1n) is 8.75. The fourth-order valence-electron chi connectivity index (χ4n) is 2.98. The van der Waals surface area contributed by atoms with Gasteiger partial charge in [-0.05, 0) is 34.0 Å². The molecule has 0 saturated carbocycles. The first-order valence-corrected chi connectivity index (χ1v) is 8.75. The number of amides is 2. The van der Waals surface area contributed by atoms with Crippen molar-refractivity contribution in [3.63, 3.8) is 0 Å². The molecule has 0 bridgehead atoms. The Morgan fingerprint density at radius 3 is 2.59 bits per heavy atom. The third kappa shape index (κ3) is 3.98. The number of benzene rings is 2. The molecule has 0 fully saturated rings. The lowest BCUT2D eigenvalue weighted by molar-refractivity contribution is 0.240. The highest BCUT2D eigenvalue weighted by atomic mass is 16.3. The zero-order chi connectivity index (χ0) is 18.5. The highest BCUT2D eigenvalue weighted by Crippen LogP contribution is 2.18. The van der Waals surface area contributed by atoms with E-state index in [9.17, 15) is 4.79 Å². The van der Waals surface area contributed by atoms with Gasteiger partial charge in [0.2, 0.25) is 0 Å². The van der Waals surface area contributed by atoms with E-state index < -0.39 is 0 Å². The summed E-state index contributed by atoms with van der Waals surface area (Å²) in [5, 5.41) is 8.09. The van der Waals surface area contributed by atoms with Crippen LogP contribution in [0.3, 0.4) is 0 Å². The second-order valence-corrected chi connectivity index (χ2v) is 6.24.